The molecule has 0 fully saturated rings. The minimum absolute atomic E-state index is 0.307. The molecule has 0 atom stereocenters. The van der Waals surface area contributed by atoms with Crippen LogP contribution >= 0.6 is 0 Å². The summed E-state index contributed by atoms with van der Waals surface area (Å²) in [6.45, 7) is 9.10. The van der Waals surface area contributed by atoms with Crippen LogP contribution in [0.5, 0.6) is 5.75 Å². The molecule has 6 heteroatoms. The van der Waals surface area contributed by atoms with Crippen LogP contribution in [0, 0.1) is 0 Å². The number of carbonyl (C=O) groups excluding carboxylic acids is 1. The Kier molecular flexibility index (Phi) is 9.09. The molecule has 1 aromatic rings. The van der Waals surface area contributed by atoms with Gasteiger partial charge in [-0.25, -0.2) is 0 Å². The van der Waals surface area contributed by atoms with Crippen LogP contribution in [0.3, 0.4) is 0 Å². The molecule has 0 spiro atoms. The molecule has 0 saturated heterocycles. The lowest BCUT2D eigenvalue weighted by atomic mass is 10.1. The maximum atomic E-state index is 10.9. The number of hydrogen-bond donors (Lipinski definition) is 0. The molecule has 1 aromatic carbocycles. The van der Waals surface area contributed by atoms with Crippen LogP contribution in [0.25, 0.3) is 0 Å². The predicted octanol–water partition coefficient (Wildman–Crippen LogP) is 3.59. The summed E-state index contributed by atoms with van der Waals surface area (Å²) < 4.78 is 22.6. The first kappa shape index (κ1) is 19.8. The van der Waals surface area contributed by atoms with Gasteiger partial charge >= 0.3 is 14.8 Å². The summed E-state index contributed by atoms with van der Waals surface area (Å²) in [5.74, 6) is 0.265. The van der Waals surface area contributed by atoms with Gasteiger partial charge in [-0.1, -0.05) is 12.1 Å². The Balaban J connectivity index is 2.56. The van der Waals surface area contributed by atoms with Crippen LogP contribution in [-0.4, -0.2) is 34.6 Å². The Labute approximate surface area is 140 Å². The highest BCUT2D eigenvalue weighted by molar-refractivity contribution is 6.60. The Hall–Kier alpha value is -1.21. The minimum Gasteiger partial charge on any atom is -0.427 e. The van der Waals surface area contributed by atoms with Crippen molar-refractivity contribution in [3.63, 3.8) is 0 Å². The molecule has 0 amide bonds. The molecule has 0 heterocycles. The highest BCUT2D eigenvalue weighted by atomic mass is 28.4. The monoisotopic (exact) mass is 340 g/mol. The normalized spacial score (nSPS) is 11.5. The van der Waals surface area contributed by atoms with Gasteiger partial charge in [0.25, 0.3) is 0 Å². The third-order valence-electron chi connectivity index (χ3n) is 3.23. The predicted molar refractivity (Wildman–Crippen MR) is 91.5 cm³/mol. The van der Waals surface area contributed by atoms with Crippen LogP contribution in [-0.2, 0) is 24.5 Å². The van der Waals surface area contributed by atoms with Gasteiger partial charge in [-0.15, -0.1) is 0 Å². The van der Waals surface area contributed by atoms with E-state index >= 15 is 0 Å². The largest absolute Gasteiger partial charge is 0.500 e. The van der Waals surface area contributed by atoms with Crippen molar-refractivity contribution >= 4 is 14.8 Å². The Morgan fingerprint density at radius 3 is 1.91 bits per heavy atom. The van der Waals surface area contributed by atoms with Gasteiger partial charge in [-0.2, -0.15) is 0 Å². The Morgan fingerprint density at radius 1 is 0.957 bits per heavy atom. The second-order valence-corrected chi connectivity index (χ2v) is 7.81. The molecule has 130 valence electrons. The number of esters is 1. The summed E-state index contributed by atoms with van der Waals surface area (Å²) in [6, 6.07) is 8.38. The molecule has 0 saturated carbocycles. The van der Waals surface area contributed by atoms with E-state index in [-0.39, 0.29) is 5.97 Å². The van der Waals surface area contributed by atoms with Gasteiger partial charge in [0.15, 0.2) is 0 Å². The number of rotatable bonds is 11. The van der Waals surface area contributed by atoms with Gasteiger partial charge in [-0.05, 0) is 51.3 Å². The van der Waals surface area contributed by atoms with Crippen LogP contribution in [0.2, 0.25) is 6.04 Å². The van der Waals surface area contributed by atoms with Gasteiger partial charge < -0.3 is 18.0 Å². The third kappa shape index (κ3) is 7.26. The number of carbonyl (C=O) groups is 1. The summed E-state index contributed by atoms with van der Waals surface area (Å²) in [5.41, 5.74) is 1.19. The Bertz CT molecular complexity index is 444. The van der Waals surface area contributed by atoms with Crippen molar-refractivity contribution in [2.45, 2.75) is 46.6 Å². The molecule has 0 aliphatic heterocycles. The first-order chi connectivity index (χ1) is 11.0. The second kappa shape index (κ2) is 10.5. The fraction of sp³-hybridized carbons (Fsp3) is 0.588. The molecule has 0 aliphatic carbocycles. The van der Waals surface area contributed by atoms with E-state index in [1.165, 1.54) is 12.5 Å². The molecule has 1 rings (SSSR count). The van der Waals surface area contributed by atoms with Crippen molar-refractivity contribution in [2.75, 3.05) is 19.8 Å². The summed E-state index contributed by atoms with van der Waals surface area (Å²) in [6.07, 6.45) is 1.83. The van der Waals surface area contributed by atoms with Crippen LogP contribution in [0.15, 0.2) is 24.3 Å². The topological polar surface area (TPSA) is 54.0 Å². The minimum atomic E-state index is -2.55. The zero-order valence-corrected chi connectivity index (χ0v) is 15.6. The van der Waals surface area contributed by atoms with E-state index in [1.807, 2.05) is 45.0 Å². The molecular weight excluding hydrogens is 312 g/mol. The fourth-order valence-electron chi connectivity index (χ4n) is 2.40. The second-order valence-electron chi connectivity index (χ2n) is 5.07. The molecule has 0 N–H and O–H groups in total. The van der Waals surface area contributed by atoms with E-state index < -0.39 is 8.80 Å². The molecule has 0 radical (unpaired) electrons. The summed E-state index contributed by atoms with van der Waals surface area (Å²) >= 11 is 0. The van der Waals surface area contributed by atoms with Gasteiger partial charge in [-0.3, -0.25) is 4.79 Å². The van der Waals surface area contributed by atoms with E-state index in [0.717, 1.165) is 18.9 Å². The average Bonchev–Trinajstić information content (AvgIpc) is 2.49. The van der Waals surface area contributed by atoms with Crippen molar-refractivity contribution in [3.05, 3.63) is 29.8 Å². The first-order valence-corrected chi connectivity index (χ1v) is 10.2. The van der Waals surface area contributed by atoms with E-state index in [1.54, 1.807) is 0 Å². The smallest absolute Gasteiger partial charge is 0.427 e. The number of ether oxygens (including phenoxy) is 1. The van der Waals surface area contributed by atoms with E-state index in [2.05, 4.69) is 0 Å². The maximum Gasteiger partial charge on any atom is 0.500 e. The molecule has 0 unspecified atom stereocenters. The van der Waals surface area contributed by atoms with Gasteiger partial charge in [0.2, 0.25) is 0 Å². The van der Waals surface area contributed by atoms with Gasteiger partial charge in [0.05, 0.1) is 0 Å². The van der Waals surface area contributed by atoms with Crippen LogP contribution in [0.4, 0.5) is 0 Å². The molecule has 0 aromatic heterocycles. The van der Waals surface area contributed by atoms with Crippen LogP contribution in [0.1, 0.15) is 39.7 Å². The SMILES string of the molecule is CCO[Si](CCCc1ccc(OC(C)=O)cc1)(OCC)OCC. The van der Waals surface area contributed by atoms with Crippen molar-refractivity contribution < 1.29 is 22.8 Å². The number of aryl methyl sites for hydroxylation is 1. The quantitative estimate of drug-likeness (QED) is 0.350. The molecule has 5 nitrogen and oxygen atoms in total. The summed E-state index contributed by atoms with van der Waals surface area (Å²) in [7, 11) is -2.55. The summed E-state index contributed by atoms with van der Waals surface area (Å²) in [4.78, 5) is 10.9. The zero-order valence-electron chi connectivity index (χ0n) is 14.6. The lowest BCUT2D eigenvalue weighted by Crippen LogP contribution is -2.46. The standard InChI is InChI=1S/C17H28O5Si/c1-5-19-23(20-6-2,21-7-3)14-8-9-16-10-12-17(13-11-16)22-15(4)18/h10-13H,5-9,14H2,1-4H3. The lowest BCUT2D eigenvalue weighted by molar-refractivity contribution is -0.131. The third-order valence-corrected chi connectivity index (χ3v) is 6.38. The zero-order chi connectivity index (χ0) is 17.1. The lowest BCUT2D eigenvalue weighted by Gasteiger charge is -2.28. The highest BCUT2D eigenvalue weighted by Crippen LogP contribution is 2.21. The van der Waals surface area contributed by atoms with Gasteiger partial charge in [0, 0.05) is 32.8 Å². The maximum absolute atomic E-state index is 10.9. The molecule has 0 bridgehead atoms. The van der Waals surface area contributed by atoms with Gasteiger partial charge in [0.1, 0.15) is 5.75 Å². The molecular formula is C17H28O5Si. The van der Waals surface area contributed by atoms with E-state index in [0.29, 0.717) is 25.6 Å². The summed E-state index contributed by atoms with van der Waals surface area (Å²) in [5, 5.41) is 0. The van der Waals surface area contributed by atoms with Crippen molar-refractivity contribution in [2.24, 2.45) is 0 Å². The number of benzene rings is 1. The van der Waals surface area contributed by atoms with E-state index in [9.17, 15) is 4.79 Å². The highest BCUT2D eigenvalue weighted by Gasteiger charge is 2.39. The van der Waals surface area contributed by atoms with Crippen molar-refractivity contribution in [3.8, 4) is 5.75 Å². The fourth-order valence-corrected chi connectivity index (χ4v) is 5.01. The average molecular weight is 340 g/mol. The van der Waals surface area contributed by atoms with E-state index in [4.69, 9.17) is 18.0 Å². The Morgan fingerprint density at radius 2 is 1.48 bits per heavy atom. The molecule has 0 aliphatic rings. The molecule has 23 heavy (non-hydrogen) atoms. The number of hydrogen-bond acceptors (Lipinski definition) is 5. The van der Waals surface area contributed by atoms with Crippen molar-refractivity contribution in [1.29, 1.82) is 0 Å². The first-order valence-electron chi connectivity index (χ1n) is 8.24. The van der Waals surface area contributed by atoms with Crippen molar-refractivity contribution in [1.82, 2.24) is 0 Å². The van der Waals surface area contributed by atoms with Crippen LogP contribution < -0.4 is 4.74 Å².